The summed E-state index contributed by atoms with van der Waals surface area (Å²) < 4.78 is 17.1. The second-order valence-electron chi connectivity index (χ2n) is 11.6. The number of fused-ring (bicyclic) bond motifs is 6. The Morgan fingerprint density at radius 1 is 1.06 bits per heavy atom. The van der Waals surface area contributed by atoms with Gasteiger partial charge in [0.15, 0.2) is 0 Å². The van der Waals surface area contributed by atoms with Crippen LogP contribution in [0.5, 0.6) is 0 Å². The highest BCUT2D eigenvalue weighted by atomic mass is 16.7. The summed E-state index contributed by atoms with van der Waals surface area (Å²) in [6, 6.07) is 0. The lowest BCUT2D eigenvalue weighted by molar-refractivity contribution is -0.148. The van der Waals surface area contributed by atoms with Gasteiger partial charge in [-0.3, -0.25) is 14.4 Å². The van der Waals surface area contributed by atoms with Crippen molar-refractivity contribution in [2.45, 2.75) is 96.4 Å². The first-order valence-corrected chi connectivity index (χ1v) is 12.5. The monoisotopic (exact) mass is 459 g/mol. The van der Waals surface area contributed by atoms with Gasteiger partial charge < -0.3 is 19.9 Å². The zero-order chi connectivity index (χ0) is 23.8. The number of allylic oxidation sites excluding steroid dienone is 1. The highest BCUT2D eigenvalue weighted by molar-refractivity contribution is 5.89. The Bertz CT molecular complexity index is 930. The highest BCUT2D eigenvalue weighted by Gasteiger charge is 2.84. The minimum Gasteiger partial charge on any atom is -0.462 e. The normalized spacial score (nSPS) is 47.6. The minimum absolute atomic E-state index is 0.000644. The lowest BCUT2D eigenvalue weighted by Gasteiger charge is -2.58. The van der Waals surface area contributed by atoms with Gasteiger partial charge in [0.1, 0.15) is 18.3 Å². The number of primary amides is 1. The van der Waals surface area contributed by atoms with E-state index in [0.717, 1.165) is 51.4 Å². The lowest BCUT2D eigenvalue weighted by Crippen LogP contribution is -2.55. The second kappa shape index (κ2) is 7.30. The van der Waals surface area contributed by atoms with E-state index in [9.17, 15) is 14.4 Å². The average molecular weight is 460 g/mol. The fourth-order valence-electron chi connectivity index (χ4n) is 8.73. The number of carbonyl (C=O) groups is 3. The summed E-state index contributed by atoms with van der Waals surface area (Å²) in [6.07, 6.45) is 10.1. The Balaban J connectivity index is 1.40. The Labute approximate surface area is 195 Å². The van der Waals surface area contributed by atoms with Gasteiger partial charge in [0.25, 0.3) is 5.91 Å². The van der Waals surface area contributed by atoms with Crippen LogP contribution in [0.15, 0.2) is 11.6 Å². The van der Waals surface area contributed by atoms with Crippen molar-refractivity contribution < 1.29 is 28.6 Å². The van der Waals surface area contributed by atoms with Crippen LogP contribution < -0.4 is 5.73 Å². The van der Waals surface area contributed by atoms with Crippen molar-refractivity contribution in [2.75, 3.05) is 6.61 Å². The van der Waals surface area contributed by atoms with Crippen molar-refractivity contribution in [1.29, 1.82) is 0 Å². The molecule has 1 aliphatic heterocycles. The van der Waals surface area contributed by atoms with E-state index in [1.165, 1.54) is 19.4 Å². The Hall–Kier alpha value is -1.89. The quantitative estimate of drug-likeness (QED) is 0.392. The molecule has 0 aromatic heterocycles. The van der Waals surface area contributed by atoms with Gasteiger partial charge >= 0.3 is 11.9 Å². The van der Waals surface area contributed by atoms with E-state index in [1.54, 1.807) is 0 Å². The van der Waals surface area contributed by atoms with Crippen molar-refractivity contribution in [2.24, 2.45) is 34.3 Å². The van der Waals surface area contributed by atoms with Crippen molar-refractivity contribution in [3.05, 3.63) is 11.6 Å². The third-order valence-corrected chi connectivity index (χ3v) is 10.3. The van der Waals surface area contributed by atoms with Crippen LogP contribution in [-0.2, 0) is 28.6 Å². The molecular weight excluding hydrogens is 422 g/mol. The first-order valence-electron chi connectivity index (χ1n) is 12.5. The molecule has 33 heavy (non-hydrogen) atoms. The van der Waals surface area contributed by atoms with Crippen LogP contribution in [0.4, 0.5) is 0 Å². The number of hydrogen-bond acceptors (Lipinski definition) is 6. The molecule has 8 atom stereocenters. The van der Waals surface area contributed by atoms with Crippen molar-refractivity contribution >= 4 is 17.8 Å². The molecule has 1 saturated heterocycles. The van der Waals surface area contributed by atoms with Gasteiger partial charge in [-0.05, 0) is 68.1 Å². The number of rotatable bonds is 4. The maximum absolute atomic E-state index is 12.6. The molecule has 4 fully saturated rings. The smallest absolute Gasteiger partial charge is 0.302 e. The fourth-order valence-corrected chi connectivity index (χ4v) is 8.73. The Morgan fingerprint density at radius 3 is 2.45 bits per heavy atom. The van der Waals surface area contributed by atoms with Crippen LogP contribution in [0.3, 0.4) is 0 Å². The summed E-state index contributed by atoms with van der Waals surface area (Å²) in [7, 11) is 0. The zero-order valence-electron chi connectivity index (χ0n) is 20.3. The summed E-state index contributed by atoms with van der Waals surface area (Å²) >= 11 is 0. The molecule has 7 nitrogen and oxygen atoms in total. The van der Waals surface area contributed by atoms with E-state index in [1.807, 2.05) is 0 Å². The van der Waals surface area contributed by atoms with Gasteiger partial charge in [-0.2, -0.15) is 0 Å². The zero-order valence-corrected chi connectivity index (χ0v) is 20.3. The molecule has 1 heterocycles. The third-order valence-electron chi connectivity index (χ3n) is 10.3. The lowest BCUT2D eigenvalue weighted by atomic mass is 9.47. The SMILES string of the molecule is CC(=O)OC[C@@]1(C(N)=O)O[C@]12CC[C@@H]1[C@H]3CC=C4C[C@@H](OC(C)=O)CC[C@]4(C)[C@@H]3CC[C@]12C. The largest absolute Gasteiger partial charge is 0.462 e. The molecule has 0 unspecified atom stereocenters. The first-order chi connectivity index (χ1) is 15.5. The van der Waals surface area contributed by atoms with Crippen molar-refractivity contribution in [1.82, 2.24) is 0 Å². The van der Waals surface area contributed by atoms with Crippen LogP contribution in [0, 0.1) is 28.6 Å². The van der Waals surface area contributed by atoms with E-state index in [4.69, 9.17) is 19.9 Å². The molecule has 5 aliphatic rings. The Kier molecular flexibility index (Phi) is 5.06. The molecule has 1 amide bonds. The number of epoxide rings is 1. The summed E-state index contributed by atoms with van der Waals surface area (Å²) in [6.45, 7) is 7.43. The molecule has 0 aromatic rings. The van der Waals surface area contributed by atoms with Gasteiger partial charge in [-0.15, -0.1) is 0 Å². The molecule has 1 spiro atoms. The molecule has 2 N–H and O–H groups in total. The fraction of sp³-hybridized carbons (Fsp3) is 0.808. The van der Waals surface area contributed by atoms with Gasteiger partial charge in [-0.25, -0.2) is 0 Å². The molecule has 7 heteroatoms. The molecule has 0 aromatic carbocycles. The van der Waals surface area contributed by atoms with E-state index in [2.05, 4.69) is 19.9 Å². The van der Waals surface area contributed by atoms with Crippen LogP contribution in [0.2, 0.25) is 0 Å². The van der Waals surface area contributed by atoms with Crippen molar-refractivity contribution in [3.63, 3.8) is 0 Å². The molecule has 5 rings (SSSR count). The maximum atomic E-state index is 12.6. The van der Waals surface area contributed by atoms with Crippen molar-refractivity contribution in [3.8, 4) is 0 Å². The number of amides is 1. The Morgan fingerprint density at radius 2 is 1.79 bits per heavy atom. The first kappa shape index (κ1) is 22.9. The van der Waals surface area contributed by atoms with Crippen LogP contribution in [0.25, 0.3) is 0 Å². The molecule has 4 aliphatic carbocycles. The van der Waals surface area contributed by atoms with Gasteiger partial charge in [0.2, 0.25) is 5.60 Å². The molecule has 182 valence electrons. The third kappa shape index (κ3) is 3.00. The average Bonchev–Trinajstić information content (AvgIpc) is 3.33. The standard InChI is InChI=1S/C26H37NO6/c1-15(28)31-14-25(22(27)30)26(33-25)12-9-21-19-6-5-17-13-18(32-16(2)29)7-10-23(17,3)20(19)8-11-24(21,26)4/h5,18-21H,6-14H2,1-4H3,(H2,27,30)/t18-,19-,20+,21+,23-,24+,25-,26-/m0/s1. The van der Waals surface area contributed by atoms with E-state index < -0.39 is 23.1 Å². The number of ether oxygens (including phenoxy) is 3. The summed E-state index contributed by atoms with van der Waals surface area (Å²) in [5.41, 5.74) is 5.44. The second-order valence-corrected chi connectivity index (χ2v) is 11.6. The van der Waals surface area contributed by atoms with E-state index in [0.29, 0.717) is 17.8 Å². The van der Waals surface area contributed by atoms with Crippen LogP contribution in [0.1, 0.15) is 79.1 Å². The van der Waals surface area contributed by atoms with Crippen LogP contribution >= 0.6 is 0 Å². The molecule has 3 saturated carbocycles. The van der Waals surface area contributed by atoms with Gasteiger partial charge in [0.05, 0.1) is 0 Å². The summed E-state index contributed by atoms with van der Waals surface area (Å²) in [4.78, 5) is 35.5. The maximum Gasteiger partial charge on any atom is 0.302 e. The van der Waals surface area contributed by atoms with Crippen LogP contribution in [-0.4, -0.2) is 41.8 Å². The topological polar surface area (TPSA) is 108 Å². The number of hydrogen-bond donors (Lipinski definition) is 1. The molecule has 0 bridgehead atoms. The predicted molar refractivity (Wildman–Crippen MR) is 120 cm³/mol. The molecule has 0 radical (unpaired) electrons. The highest BCUT2D eigenvalue weighted by Crippen LogP contribution is 2.75. The van der Waals surface area contributed by atoms with Gasteiger partial charge in [-0.1, -0.05) is 25.5 Å². The van der Waals surface area contributed by atoms with Gasteiger partial charge in [0, 0.05) is 25.7 Å². The van der Waals surface area contributed by atoms with E-state index in [-0.39, 0.29) is 29.5 Å². The van der Waals surface area contributed by atoms with E-state index >= 15 is 0 Å². The number of carbonyl (C=O) groups excluding carboxylic acids is 3. The summed E-state index contributed by atoms with van der Waals surface area (Å²) in [5.74, 6) is 0.417. The minimum atomic E-state index is -1.20. The number of nitrogens with two attached hydrogens (primary N) is 1. The number of esters is 2. The molecular formula is C26H37NO6. The predicted octanol–water partition coefficient (Wildman–Crippen LogP) is 3.44. The summed E-state index contributed by atoms with van der Waals surface area (Å²) in [5, 5.41) is 0.